The molecule has 2 aromatic rings. The molecular formula is C10H7F2IN2. The maximum Gasteiger partial charge on any atom is 0.322 e. The summed E-state index contributed by atoms with van der Waals surface area (Å²) in [4.78, 5) is 3.99. The van der Waals surface area contributed by atoms with Crippen LogP contribution in [0, 0.1) is 0 Å². The predicted molar refractivity (Wildman–Crippen MR) is 64.1 cm³/mol. The quantitative estimate of drug-likeness (QED) is 0.647. The molecule has 1 aromatic carbocycles. The Morgan fingerprint density at radius 1 is 1.27 bits per heavy atom. The summed E-state index contributed by atoms with van der Waals surface area (Å²) in [6.07, 6.45) is 0. The van der Waals surface area contributed by atoms with Crippen LogP contribution in [0.25, 0.3) is 10.9 Å². The van der Waals surface area contributed by atoms with Gasteiger partial charge in [0.25, 0.3) is 0 Å². The number of alkyl halides is 3. The summed E-state index contributed by atoms with van der Waals surface area (Å²) in [7, 11) is 0. The molecule has 0 radical (unpaired) electrons. The number of benzene rings is 1. The monoisotopic (exact) mass is 320 g/mol. The van der Waals surface area contributed by atoms with E-state index >= 15 is 0 Å². The number of aromatic nitrogens is 1. The van der Waals surface area contributed by atoms with Crippen molar-refractivity contribution in [3.05, 3.63) is 35.9 Å². The number of hydrogen-bond acceptors (Lipinski definition) is 2. The van der Waals surface area contributed by atoms with Gasteiger partial charge in [0.15, 0.2) is 0 Å². The molecule has 0 atom stereocenters. The molecule has 0 aliphatic rings. The Hall–Kier alpha value is -0.980. The van der Waals surface area contributed by atoms with Crippen LogP contribution in [0.2, 0.25) is 0 Å². The Labute approximate surface area is 98.6 Å². The zero-order chi connectivity index (χ0) is 11.1. The second-order valence-electron chi connectivity index (χ2n) is 3.11. The predicted octanol–water partition coefficient (Wildman–Crippen LogP) is 3.30. The maximum atomic E-state index is 13.3. The second kappa shape index (κ2) is 3.55. The zero-order valence-corrected chi connectivity index (χ0v) is 9.70. The normalized spacial score (nSPS) is 11.9. The van der Waals surface area contributed by atoms with Crippen molar-refractivity contribution in [1.82, 2.24) is 4.98 Å². The number of fused-ring (bicyclic) bond motifs is 1. The standard InChI is InChI=1S/C10H7F2IN2/c11-10(12,13)7-5-9(14)15-8-4-2-1-3-6(7)8/h1-5H,(H2,14,15). The summed E-state index contributed by atoms with van der Waals surface area (Å²) in [6, 6.07) is 7.94. The molecule has 0 amide bonds. The third-order valence-electron chi connectivity index (χ3n) is 2.04. The number of halogens is 3. The fourth-order valence-electron chi connectivity index (χ4n) is 1.43. The summed E-state index contributed by atoms with van der Waals surface area (Å²) in [5, 5.41) is 0.436. The zero-order valence-electron chi connectivity index (χ0n) is 7.55. The maximum absolute atomic E-state index is 13.3. The molecule has 0 saturated heterocycles. The lowest BCUT2D eigenvalue weighted by Gasteiger charge is -2.12. The van der Waals surface area contributed by atoms with Crippen molar-refractivity contribution in [2.75, 3.05) is 5.73 Å². The number of pyridine rings is 1. The minimum Gasteiger partial charge on any atom is -0.384 e. The van der Waals surface area contributed by atoms with Crippen molar-refractivity contribution in [2.45, 2.75) is 3.93 Å². The highest BCUT2D eigenvalue weighted by Crippen LogP contribution is 2.39. The van der Waals surface area contributed by atoms with Crippen LogP contribution in [-0.4, -0.2) is 4.98 Å². The summed E-state index contributed by atoms with van der Waals surface area (Å²) < 4.78 is 23.6. The van der Waals surface area contributed by atoms with Crippen LogP contribution < -0.4 is 5.73 Å². The highest BCUT2D eigenvalue weighted by atomic mass is 127. The van der Waals surface area contributed by atoms with Gasteiger partial charge in [-0.1, -0.05) is 18.2 Å². The van der Waals surface area contributed by atoms with Crippen LogP contribution in [0.1, 0.15) is 5.56 Å². The number of rotatable bonds is 1. The highest BCUT2D eigenvalue weighted by molar-refractivity contribution is 14.1. The minimum absolute atomic E-state index is 0.0915. The van der Waals surface area contributed by atoms with Crippen molar-refractivity contribution < 1.29 is 8.78 Å². The molecular weight excluding hydrogens is 313 g/mol. The molecule has 0 spiro atoms. The average Bonchev–Trinajstić information content (AvgIpc) is 2.15. The van der Waals surface area contributed by atoms with Gasteiger partial charge < -0.3 is 5.73 Å². The third-order valence-corrected chi connectivity index (χ3v) is 2.62. The Kier molecular flexibility index (Phi) is 2.49. The molecule has 2 rings (SSSR count). The molecule has 0 aliphatic heterocycles. The van der Waals surface area contributed by atoms with Gasteiger partial charge in [0.1, 0.15) is 5.82 Å². The van der Waals surface area contributed by atoms with Crippen molar-refractivity contribution in [2.24, 2.45) is 0 Å². The van der Waals surface area contributed by atoms with Gasteiger partial charge in [-0.05, 0) is 12.1 Å². The molecule has 0 fully saturated rings. The van der Waals surface area contributed by atoms with E-state index in [1.165, 1.54) is 6.07 Å². The first-order valence-corrected chi connectivity index (χ1v) is 5.29. The van der Waals surface area contributed by atoms with Crippen LogP contribution in [0.5, 0.6) is 0 Å². The van der Waals surface area contributed by atoms with E-state index in [9.17, 15) is 8.78 Å². The Morgan fingerprint density at radius 3 is 2.60 bits per heavy atom. The largest absolute Gasteiger partial charge is 0.384 e. The smallest absolute Gasteiger partial charge is 0.322 e. The molecule has 15 heavy (non-hydrogen) atoms. The fraction of sp³-hybridized carbons (Fsp3) is 0.100. The SMILES string of the molecule is Nc1cc(C(F)(F)I)c2ccccc2n1. The molecule has 0 aliphatic carbocycles. The van der Waals surface area contributed by atoms with E-state index in [4.69, 9.17) is 5.73 Å². The molecule has 78 valence electrons. The van der Waals surface area contributed by atoms with E-state index in [0.29, 0.717) is 10.9 Å². The van der Waals surface area contributed by atoms with Crippen LogP contribution >= 0.6 is 22.6 Å². The third kappa shape index (κ3) is 2.01. The number of nitrogens with two attached hydrogens (primary N) is 1. The lowest BCUT2D eigenvalue weighted by atomic mass is 10.1. The fourth-order valence-corrected chi connectivity index (χ4v) is 1.88. The van der Waals surface area contributed by atoms with Crippen LogP contribution in [-0.2, 0) is 3.93 Å². The molecule has 0 saturated carbocycles. The highest BCUT2D eigenvalue weighted by Gasteiger charge is 2.29. The minimum atomic E-state index is -2.94. The van der Waals surface area contributed by atoms with Crippen LogP contribution in [0.4, 0.5) is 14.6 Å². The Balaban J connectivity index is 2.83. The van der Waals surface area contributed by atoms with Crippen LogP contribution in [0.15, 0.2) is 30.3 Å². The van der Waals surface area contributed by atoms with Gasteiger partial charge in [-0.25, -0.2) is 4.98 Å². The molecule has 5 heteroatoms. The van der Waals surface area contributed by atoms with Crippen molar-refractivity contribution >= 4 is 39.3 Å². The van der Waals surface area contributed by atoms with Gasteiger partial charge >= 0.3 is 3.93 Å². The lowest BCUT2D eigenvalue weighted by Crippen LogP contribution is -2.05. The number of nitrogens with zero attached hydrogens (tertiary/aromatic N) is 1. The van der Waals surface area contributed by atoms with E-state index in [2.05, 4.69) is 4.98 Å². The van der Waals surface area contributed by atoms with Crippen molar-refractivity contribution in [3.63, 3.8) is 0 Å². The Bertz CT molecular complexity index is 508. The topological polar surface area (TPSA) is 38.9 Å². The molecule has 2 nitrogen and oxygen atoms in total. The van der Waals surface area contributed by atoms with Crippen molar-refractivity contribution in [3.8, 4) is 0 Å². The van der Waals surface area contributed by atoms with E-state index < -0.39 is 3.93 Å². The van der Waals surface area contributed by atoms with Gasteiger partial charge in [-0.3, -0.25) is 0 Å². The van der Waals surface area contributed by atoms with Gasteiger partial charge in [-0.2, -0.15) is 8.78 Å². The number of nitrogen functional groups attached to an aromatic ring is 1. The molecule has 2 N–H and O–H groups in total. The van der Waals surface area contributed by atoms with Gasteiger partial charge in [0.05, 0.1) is 5.52 Å². The van der Waals surface area contributed by atoms with E-state index in [0.717, 1.165) is 22.6 Å². The number of para-hydroxylation sites is 1. The first-order chi connectivity index (χ1) is 6.98. The first kappa shape index (κ1) is 10.5. The summed E-state index contributed by atoms with van der Waals surface area (Å²) in [5.74, 6) is 0.111. The van der Waals surface area contributed by atoms with Crippen LogP contribution in [0.3, 0.4) is 0 Å². The molecule has 1 aromatic heterocycles. The van der Waals surface area contributed by atoms with E-state index in [-0.39, 0.29) is 11.4 Å². The van der Waals surface area contributed by atoms with E-state index in [1.54, 1.807) is 24.3 Å². The average molecular weight is 320 g/mol. The van der Waals surface area contributed by atoms with Gasteiger partial charge in [-0.15, -0.1) is 0 Å². The first-order valence-electron chi connectivity index (χ1n) is 4.21. The molecule has 0 bridgehead atoms. The van der Waals surface area contributed by atoms with Crippen molar-refractivity contribution in [1.29, 1.82) is 0 Å². The molecule has 0 unspecified atom stereocenters. The summed E-state index contributed by atoms with van der Waals surface area (Å²) in [5.41, 5.74) is 5.87. The second-order valence-corrected chi connectivity index (χ2v) is 4.46. The molecule has 1 heterocycles. The number of anilines is 1. The number of hydrogen-bond donors (Lipinski definition) is 1. The van der Waals surface area contributed by atoms with Gasteiger partial charge in [0, 0.05) is 33.5 Å². The Morgan fingerprint density at radius 2 is 1.93 bits per heavy atom. The van der Waals surface area contributed by atoms with E-state index in [1.807, 2.05) is 0 Å². The summed E-state index contributed by atoms with van der Waals surface area (Å²) in [6.45, 7) is 0. The van der Waals surface area contributed by atoms with Gasteiger partial charge in [0.2, 0.25) is 0 Å². The lowest BCUT2D eigenvalue weighted by molar-refractivity contribution is 0.129. The summed E-state index contributed by atoms with van der Waals surface area (Å²) >= 11 is 1.09.